The molecule has 2 aromatic rings. The van der Waals surface area contributed by atoms with Gasteiger partial charge < -0.3 is 9.64 Å². The molecule has 1 saturated heterocycles. The first kappa shape index (κ1) is 19.8. The van der Waals surface area contributed by atoms with Crippen LogP contribution < -0.4 is 4.74 Å². The van der Waals surface area contributed by atoms with Gasteiger partial charge in [0.25, 0.3) is 5.91 Å². The number of ether oxygens (including phenoxy) is 1. The first-order valence-corrected chi connectivity index (χ1v) is 10.4. The van der Waals surface area contributed by atoms with Crippen molar-refractivity contribution >= 4 is 17.2 Å². The number of hydrogen-bond acceptors (Lipinski definition) is 5. The zero-order valence-electron chi connectivity index (χ0n) is 16.7. The number of carbonyl (C=O) groups excluding carboxylic acids is 1. The summed E-state index contributed by atoms with van der Waals surface area (Å²) >= 11 is 1.74. The van der Waals surface area contributed by atoms with Gasteiger partial charge in [0.1, 0.15) is 5.75 Å². The fourth-order valence-electron chi connectivity index (χ4n) is 3.20. The van der Waals surface area contributed by atoms with Crippen molar-refractivity contribution in [1.29, 1.82) is 0 Å². The maximum atomic E-state index is 12.8. The van der Waals surface area contributed by atoms with Crippen molar-refractivity contribution in [2.24, 2.45) is 0 Å². The Labute approximate surface area is 166 Å². The standard InChI is InChI=1S/C21H29N3O2S/c1-21(2,3)20-22-17(15-27-20)14-23-10-5-11-24(13-12-23)19(25)16-6-8-18(26-4)9-7-16/h6-9,15H,5,10-14H2,1-4H3. The van der Waals surface area contributed by atoms with Gasteiger partial charge in [0.2, 0.25) is 0 Å². The van der Waals surface area contributed by atoms with Gasteiger partial charge in [-0.15, -0.1) is 11.3 Å². The molecule has 3 rings (SSSR count). The minimum absolute atomic E-state index is 0.100. The summed E-state index contributed by atoms with van der Waals surface area (Å²) in [6, 6.07) is 7.36. The van der Waals surface area contributed by atoms with E-state index in [9.17, 15) is 4.79 Å². The third-order valence-electron chi connectivity index (χ3n) is 4.79. The molecule has 0 aliphatic carbocycles. The van der Waals surface area contributed by atoms with Crippen LogP contribution in [0.2, 0.25) is 0 Å². The maximum absolute atomic E-state index is 12.8. The second-order valence-electron chi connectivity index (χ2n) is 8.04. The van der Waals surface area contributed by atoms with Crippen molar-refractivity contribution in [2.75, 3.05) is 33.3 Å². The van der Waals surface area contributed by atoms with Crippen LogP contribution in [-0.2, 0) is 12.0 Å². The largest absolute Gasteiger partial charge is 0.497 e. The maximum Gasteiger partial charge on any atom is 0.253 e. The van der Waals surface area contributed by atoms with Crippen molar-refractivity contribution in [1.82, 2.24) is 14.8 Å². The molecule has 1 aromatic heterocycles. The highest BCUT2D eigenvalue weighted by Crippen LogP contribution is 2.26. The lowest BCUT2D eigenvalue weighted by atomic mass is 9.98. The van der Waals surface area contributed by atoms with Gasteiger partial charge in [-0.05, 0) is 30.7 Å². The van der Waals surface area contributed by atoms with Gasteiger partial charge in [-0.3, -0.25) is 9.69 Å². The van der Waals surface area contributed by atoms with Gasteiger partial charge in [0.05, 0.1) is 17.8 Å². The summed E-state index contributed by atoms with van der Waals surface area (Å²) in [5, 5.41) is 3.36. The smallest absolute Gasteiger partial charge is 0.253 e. The van der Waals surface area contributed by atoms with E-state index in [2.05, 4.69) is 31.1 Å². The lowest BCUT2D eigenvalue weighted by Crippen LogP contribution is -2.35. The van der Waals surface area contributed by atoms with Crippen LogP contribution in [0.1, 0.15) is 48.3 Å². The number of aromatic nitrogens is 1. The highest BCUT2D eigenvalue weighted by atomic mass is 32.1. The van der Waals surface area contributed by atoms with Crippen LogP contribution >= 0.6 is 11.3 Å². The van der Waals surface area contributed by atoms with E-state index in [1.54, 1.807) is 18.4 Å². The van der Waals surface area contributed by atoms with Crippen molar-refractivity contribution in [3.63, 3.8) is 0 Å². The van der Waals surface area contributed by atoms with Gasteiger partial charge in [-0.1, -0.05) is 20.8 Å². The lowest BCUT2D eigenvalue weighted by molar-refractivity contribution is 0.0761. The van der Waals surface area contributed by atoms with Gasteiger partial charge in [-0.2, -0.15) is 0 Å². The van der Waals surface area contributed by atoms with Crippen LogP contribution in [0.15, 0.2) is 29.6 Å². The molecule has 0 unspecified atom stereocenters. The van der Waals surface area contributed by atoms with E-state index in [-0.39, 0.29) is 11.3 Å². The number of rotatable bonds is 4. The summed E-state index contributed by atoms with van der Waals surface area (Å²) in [6.07, 6.45) is 0.984. The molecule has 5 nitrogen and oxygen atoms in total. The minimum Gasteiger partial charge on any atom is -0.497 e. The van der Waals surface area contributed by atoms with Crippen molar-refractivity contribution < 1.29 is 9.53 Å². The molecule has 27 heavy (non-hydrogen) atoms. The van der Waals surface area contributed by atoms with Gasteiger partial charge in [-0.25, -0.2) is 4.98 Å². The quantitative estimate of drug-likeness (QED) is 0.801. The van der Waals surface area contributed by atoms with Crippen LogP contribution in [0.25, 0.3) is 0 Å². The molecular formula is C21H29N3O2S. The van der Waals surface area contributed by atoms with Crippen molar-refractivity contribution in [2.45, 2.75) is 39.2 Å². The van der Waals surface area contributed by atoms with E-state index in [0.29, 0.717) is 0 Å². The van der Waals surface area contributed by atoms with E-state index >= 15 is 0 Å². The Balaban J connectivity index is 1.58. The summed E-state index contributed by atoms with van der Waals surface area (Å²) in [7, 11) is 1.63. The molecular weight excluding hydrogens is 358 g/mol. The first-order valence-electron chi connectivity index (χ1n) is 9.47. The zero-order valence-corrected chi connectivity index (χ0v) is 17.5. The number of amides is 1. The highest BCUT2D eigenvalue weighted by molar-refractivity contribution is 7.09. The molecule has 1 fully saturated rings. The van der Waals surface area contributed by atoms with Crippen LogP contribution in [0.3, 0.4) is 0 Å². The van der Waals surface area contributed by atoms with Crippen LogP contribution in [-0.4, -0.2) is 54.0 Å². The predicted octanol–water partition coefficient (Wildman–Crippen LogP) is 3.80. The Kier molecular flexibility index (Phi) is 6.17. The third kappa shape index (κ3) is 5.08. The molecule has 0 spiro atoms. The Morgan fingerprint density at radius 2 is 1.89 bits per heavy atom. The number of hydrogen-bond donors (Lipinski definition) is 0. The van der Waals surface area contributed by atoms with Gasteiger partial charge in [0, 0.05) is 49.1 Å². The summed E-state index contributed by atoms with van der Waals surface area (Å²) in [5.41, 5.74) is 1.96. The zero-order chi connectivity index (χ0) is 19.4. The highest BCUT2D eigenvalue weighted by Gasteiger charge is 2.22. The van der Waals surface area contributed by atoms with E-state index < -0.39 is 0 Å². The molecule has 1 aromatic carbocycles. The average molecular weight is 388 g/mol. The summed E-state index contributed by atoms with van der Waals surface area (Å²) in [4.78, 5) is 22.0. The fourth-order valence-corrected chi connectivity index (χ4v) is 4.10. The molecule has 0 radical (unpaired) electrons. The van der Waals surface area contributed by atoms with Crippen molar-refractivity contribution in [3.8, 4) is 5.75 Å². The second-order valence-corrected chi connectivity index (χ2v) is 8.90. The molecule has 6 heteroatoms. The van der Waals surface area contributed by atoms with E-state index in [1.807, 2.05) is 29.2 Å². The fraction of sp³-hybridized carbons (Fsp3) is 0.524. The van der Waals surface area contributed by atoms with E-state index in [4.69, 9.17) is 9.72 Å². The Morgan fingerprint density at radius 3 is 2.52 bits per heavy atom. The second kappa shape index (κ2) is 8.40. The number of nitrogens with zero attached hydrogens (tertiary/aromatic N) is 3. The van der Waals surface area contributed by atoms with Gasteiger partial charge >= 0.3 is 0 Å². The number of carbonyl (C=O) groups is 1. The van der Waals surface area contributed by atoms with Crippen LogP contribution in [0.5, 0.6) is 5.75 Å². The van der Waals surface area contributed by atoms with E-state index in [0.717, 1.165) is 56.2 Å². The number of thiazole rings is 1. The summed E-state index contributed by atoms with van der Waals surface area (Å²) in [5.74, 6) is 0.870. The average Bonchev–Trinajstić information content (AvgIpc) is 3.00. The minimum atomic E-state index is 0.100. The summed E-state index contributed by atoms with van der Waals surface area (Å²) < 4.78 is 5.17. The molecule has 0 bridgehead atoms. The van der Waals surface area contributed by atoms with Crippen LogP contribution in [0, 0.1) is 0 Å². The first-order chi connectivity index (χ1) is 12.9. The Morgan fingerprint density at radius 1 is 1.15 bits per heavy atom. The predicted molar refractivity (Wildman–Crippen MR) is 110 cm³/mol. The molecule has 1 aliphatic rings. The monoisotopic (exact) mass is 387 g/mol. The van der Waals surface area contributed by atoms with Crippen molar-refractivity contribution in [3.05, 3.63) is 45.9 Å². The SMILES string of the molecule is COc1ccc(C(=O)N2CCCN(Cc3csc(C(C)(C)C)n3)CC2)cc1. The molecule has 146 valence electrons. The topological polar surface area (TPSA) is 45.7 Å². The van der Waals surface area contributed by atoms with E-state index in [1.165, 1.54) is 5.01 Å². The van der Waals surface area contributed by atoms with Crippen LogP contribution in [0.4, 0.5) is 0 Å². The molecule has 1 amide bonds. The lowest BCUT2D eigenvalue weighted by Gasteiger charge is -2.22. The third-order valence-corrected chi connectivity index (χ3v) is 6.11. The number of benzene rings is 1. The Hall–Kier alpha value is -1.92. The van der Waals surface area contributed by atoms with Gasteiger partial charge in [0.15, 0.2) is 0 Å². The normalized spacial score (nSPS) is 16.2. The summed E-state index contributed by atoms with van der Waals surface area (Å²) in [6.45, 7) is 10.9. The molecule has 0 N–H and O–H groups in total. The molecule has 2 heterocycles. The molecule has 1 aliphatic heterocycles. The molecule has 0 saturated carbocycles. The number of methoxy groups -OCH3 is 1. The molecule has 0 atom stereocenters. The Bertz CT molecular complexity index is 764.